The highest BCUT2D eigenvalue weighted by Crippen LogP contribution is 2.43. The molecule has 0 spiro atoms. The fourth-order valence-electron chi connectivity index (χ4n) is 3.35. The van der Waals surface area contributed by atoms with Crippen LogP contribution in [0.2, 0.25) is 0 Å². The Kier molecular flexibility index (Phi) is 3.07. The molecule has 3 N–H and O–H groups in total. The van der Waals surface area contributed by atoms with Crippen LogP contribution in [-0.4, -0.2) is 16.0 Å². The summed E-state index contributed by atoms with van der Waals surface area (Å²) in [5.74, 6) is 0.501. The van der Waals surface area contributed by atoms with Gasteiger partial charge in [0.2, 0.25) is 0 Å². The standard InChI is InChI=1S/C16H14BrN3O2/c17-9-6-4-8(5-7-9)12-13-10(2-1-3-11(13)21)18-15-14(12)16(22)20-19-15/h4-7,12H,1-3H2,(H3,18,19,20,22)/t12-/m0/s1. The highest BCUT2D eigenvalue weighted by Gasteiger charge is 2.37. The first-order valence-corrected chi connectivity index (χ1v) is 8.03. The van der Waals surface area contributed by atoms with E-state index in [-0.39, 0.29) is 17.3 Å². The number of H-pyrrole nitrogens is 2. The van der Waals surface area contributed by atoms with Crippen LogP contribution in [0.15, 0.2) is 44.8 Å². The molecule has 0 saturated heterocycles. The van der Waals surface area contributed by atoms with Crippen molar-refractivity contribution in [1.82, 2.24) is 10.2 Å². The molecule has 4 rings (SSSR count). The zero-order valence-electron chi connectivity index (χ0n) is 11.7. The molecule has 5 nitrogen and oxygen atoms in total. The van der Waals surface area contributed by atoms with E-state index in [1.807, 2.05) is 24.3 Å². The normalized spacial score (nSPS) is 20.4. The number of Topliss-reactive ketones (excluding diaryl/α,β-unsaturated/α-hetero) is 1. The van der Waals surface area contributed by atoms with Crippen molar-refractivity contribution in [2.45, 2.75) is 25.2 Å². The predicted molar refractivity (Wildman–Crippen MR) is 86.9 cm³/mol. The van der Waals surface area contributed by atoms with Crippen LogP contribution in [0.4, 0.5) is 5.82 Å². The van der Waals surface area contributed by atoms with Crippen LogP contribution in [0.25, 0.3) is 0 Å². The quantitative estimate of drug-likeness (QED) is 0.732. The average molecular weight is 360 g/mol. The van der Waals surface area contributed by atoms with Crippen molar-refractivity contribution in [3.63, 3.8) is 0 Å². The molecule has 1 aliphatic heterocycles. The first-order valence-electron chi connectivity index (χ1n) is 7.24. The van der Waals surface area contributed by atoms with E-state index in [0.29, 0.717) is 17.8 Å². The number of carbonyl (C=O) groups excluding carboxylic acids is 1. The molecule has 0 unspecified atom stereocenters. The number of allylic oxidation sites excluding steroid dienone is 2. The van der Waals surface area contributed by atoms with E-state index in [4.69, 9.17) is 0 Å². The minimum atomic E-state index is -0.304. The van der Waals surface area contributed by atoms with E-state index in [1.165, 1.54) is 0 Å². The summed E-state index contributed by atoms with van der Waals surface area (Å²) >= 11 is 3.42. The topological polar surface area (TPSA) is 77.8 Å². The number of hydrogen-bond donors (Lipinski definition) is 3. The zero-order valence-corrected chi connectivity index (χ0v) is 13.3. The summed E-state index contributed by atoms with van der Waals surface area (Å²) in [6.07, 6.45) is 2.23. The van der Waals surface area contributed by atoms with Crippen molar-refractivity contribution in [2.75, 3.05) is 5.32 Å². The molecule has 0 bridgehead atoms. The van der Waals surface area contributed by atoms with Gasteiger partial charge in [0, 0.05) is 28.1 Å². The molecule has 2 heterocycles. The minimum absolute atomic E-state index is 0.132. The fourth-order valence-corrected chi connectivity index (χ4v) is 3.62. The van der Waals surface area contributed by atoms with Crippen LogP contribution in [0.5, 0.6) is 0 Å². The Labute approximate surface area is 134 Å². The highest BCUT2D eigenvalue weighted by atomic mass is 79.9. The molecule has 2 aliphatic rings. The van der Waals surface area contributed by atoms with Crippen molar-refractivity contribution < 1.29 is 4.79 Å². The van der Waals surface area contributed by atoms with Crippen LogP contribution >= 0.6 is 15.9 Å². The van der Waals surface area contributed by atoms with E-state index in [0.717, 1.165) is 34.1 Å². The molecule has 2 aromatic rings. The van der Waals surface area contributed by atoms with Crippen molar-refractivity contribution >= 4 is 27.5 Å². The number of aromatic amines is 2. The third kappa shape index (κ3) is 1.98. The van der Waals surface area contributed by atoms with Crippen LogP contribution < -0.4 is 10.9 Å². The molecule has 0 saturated carbocycles. The van der Waals surface area contributed by atoms with Crippen molar-refractivity contribution in [2.24, 2.45) is 0 Å². The molecule has 0 fully saturated rings. The molecule has 0 amide bonds. The minimum Gasteiger partial charge on any atom is -0.343 e. The predicted octanol–water partition coefficient (Wildman–Crippen LogP) is 3.03. The second-order valence-corrected chi connectivity index (χ2v) is 6.56. The Morgan fingerprint density at radius 2 is 1.82 bits per heavy atom. The number of hydrogen-bond acceptors (Lipinski definition) is 3. The molecule has 1 atom stereocenters. The van der Waals surface area contributed by atoms with Gasteiger partial charge in [0.1, 0.15) is 5.82 Å². The Bertz CT molecular complexity index is 845. The van der Waals surface area contributed by atoms with Crippen LogP contribution in [0.3, 0.4) is 0 Å². The van der Waals surface area contributed by atoms with E-state index in [2.05, 4.69) is 31.4 Å². The Morgan fingerprint density at radius 1 is 1.05 bits per heavy atom. The van der Waals surface area contributed by atoms with Gasteiger partial charge in [-0.1, -0.05) is 28.1 Å². The second-order valence-electron chi connectivity index (χ2n) is 5.65. The SMILES string of the molecule is O=C1CCCC2=C1[C@H](c1ccc(Br)cc1)c1c([nH][nH]c1=O)N2. The molecular weight excluding hydrogens is 346 g/mol. The lowest BCUT2D eigenvalue weighted by atomic mass is 9.77. The lowest BCUT2D eigenvalue weighted by Crippen LogP contribution is -2.29. The van der Waals surface area contributed by atoms with Gasteiger partial charge in [-0.05, 0) is 30.5 Å². The van der Waals surface area contributed by atoms with Gasteiger partial charge in [-0.3, -0.25) is 19.8 Å². The van der Waals surface area contributed by atoms with Crippen molar-refractivity contribution in [1.29, 1.82) is 0 Å². The van der Waals surface area contributed by atoms with Gasteiger partial charge in [0.25, 0.3) is 5.56 Å². The summed E-state index contributed by atoms with van der Waals surface area (Å²) in [6.45, 7) is 0. The number of carbonyl (C=O) groups is 1. The van der Waals surface area contributed by atoms with Crippen LogP contribution in [0, 0.1) is 0 Å². The number of ketones is 1. The number of anilines is 1. The van der Waals surface area contributed by atoms with Gasteiger partial charge >= 0.3 is 0 Å². The Hall–Kier alpha value is -2.08. The van der Waals surface area contributed by atoms with E-state index in [1.54, 1.807) is 0 Å². The van der Waals surface area contributed by atoms with Gasteiger partial charge in [-0.2, -0.15) is 0 Å². The third-order valence-electron chi connectivity index (χ3n) is 4.33. The van der Waals surface area contributed by atoms with Gasteiger partial charge in [-0.15, -0.1) is 0 Å². The number of fused-ring (bicyclic) bond motifs is 1. The smallest absolute Gasteiger partial charge is 0.270 e. The molecule has 22 heavy (non-hydrogen) atoms. The first-order chi connectivity index (χ1) is 10.6. The van der Waals surface area contributed by atoms with Gasteiger partial charge < -0.3 is 5.32 Å². The third-order valence-corrected chi connectivity index (χ3v) is 4.86. The summed E-state index contributed by atoms with van der Waals surface area (Å²) in [5, 5.41) is 8.73. The molecule has 1 aromatic heterocycles. The number of benzene rings is 1. The van der Waals surface area contributed by atoms with E-state index in [9.17, 15) is 9.59 Å². The molecule has 1 aromatic carbocycles. The molecule has 6 heteroatoms. The lowest BCUT2D eigenvalue weighted by molar-refractivity contribution is -0.116. The van der Waals surface area contributed by atoms with Crippen LogP contribution in [0.1, 0.15) is 36.3 Å². The highest BCUT2D eigenvalue weighted by molar-refractivity contribution is 9.10. The van der Waals surface area contributed by atoms with Crippen LogP contribution in [-0.2, 0) is 4.79 Å². The average Bonchev–Trinajstić information content (AvgIpc) is 2.88. The van der Waals surface area contributed by atoms with E-state index >= 15 is 0 Å². The fraction of sp³-hybridized carbons (Fsp3) is 0.250. The number of rotatable bonds is 1. The molecule has 0 radical (unpaired) electrons. The second kappa shape index (κ2) is 4.98. The summed E-state index contributed by atoms with van der Waals surface area (Å²) < 4.78 is 0.970. The summed E-state index contributed by atoms with van der Waals surface area (Å²) in [6, 6.07) is 7.79. The maximum Gasteiger partial charge on any atom is 0.270 e. The van der Waals surface area contributed by atoms with E-state index < -0.39 is 0 Å². The summed E-state index contributed by atoms with van der Waals surface area (Å²) in [5.41, 5.74) is 3.05. The number of halogens is 1. The Morgan fingerprint density at radius 3 is 2.59 bits per heavy atom. The van der Waals surface area contributed by atoms with Gasteiger partial charge in [-0.25, -0.2) is 0 Å². The number of aromatic nitrogens is 2. The summed E-state index contributed by atoms with van der Waals surface area (Å²) in [7, 11) is 0. The molecule has 1 aliphatic carbocycles. The maximum absolute atomic E-state index is 12.5. The molecular formula is C16H14BrN3O2. The van der Waals surface area contributed by atoms with Crippen molar-refractivity contribution in [3.05, 3.63) is 61.5 Å². The summed E-state index contributed by atoms with van der Waals surface area (Å²) in [4.78, 5) is 24.7. The zero-order chi connectivity index (χ0) is 15.3. The first kappa shape index (κ1) is 13.6. The van der Waals surface area contributed by atoms with Gasteiger partial charge in [0.15, 0.2) is 5.78 Å². The monoisotopic (exact) mass is 359 g/mol. The lowest BCUT2D eigenvalue weighted by Gasteiger charge is -2.31. The number of nitrogens with one attached hydrogen (secondary N) is 3. The van der Waals surface area contributed by atoms with Gasteiger partial charge in [0.05, 0.1) is 5.56 Å². The maximum atomic E-state index is 12.5. The van der Waals surface area contributed by atoms with Crippen molar-refractivity contribution in [3.8, 4) is 0 Å². The largest absolute Gasteiger partial charge is 0.343 e. The molecule has 112 valence electrons. The Balaban J connectivity index is 1.96.